The highest BCUT2D eigenvalue weighted by Gasteiger charge is 2.34. The van der Waals surface area contributed by atoms with Crippen LogP contribution in [-0.2, 0) is 10.0 Å². The second kappa shape index (κ2) is 12.3. The van der Waals surface area contributed by atoms with E-state index in [0.29, 0.717) is 58.1 Å². The molecule has 1 aliphatic rings. The van der Waals surface area contributed by atoms with E-state index in [1.54, 1.807) is 6.92 Å². The summed E-state index contributed by atoms with van der Waals surface area (Å²) in [5.74, 6) is 0.550. The molecule has 0 bridgehead atoms. The monoisotopic (exact) mass is 529 g/mol. The van der Waals surface area contributed by atoms with E-state index in [1.807, 2.05) is 6.92 Å². The lowest BCUT2D eigenvalue weighted by Gasteiger charge is -2.20. The molecule has 1 saturated heterocycles. The van der Waals surface area contributed by atoms with Crippen molar-refractivity contribution in [3.63, 3.8) is 0 Å². The maximum absolute atomic E-state index is 12.5. The summed E-state index contributed by atoms with van der Waals surface area (Å²) in [6.07, 6.45) is -1.81. The number of guanidine groups is 1. The molecule has 1 rings (SSSR count). The Kier molecular flexibility index (Phi) is 12.1. The van der Waals surface area contributed by atoms with Crippen LogP contribution in [0, 0.1) is 0 Å². The molecule has 0 aromatic heterocycles. The predicted molar refractivity (Wildman–Crippen MR) is 112 cm³/mol. The fourth-order valence-corrected chi connectivity index (χ4v) is 3.79. The highest BCUT2D eigenvalue weighted by molar-refractivity contribution is 14.0. The average molecular weight is 529 g/mol. The van der Waals surface area contributed by atoms with Crippen molar-refractivity contribution in [3.05, 3.63) is 0 Å². The van der Waals surface area contributed by atoms with Crippen molar-refractivity contribution in [1.82, 2.24) is 19.8 Å². The summed E-state index contributed by atoms with van der Waals surface area (Å²) >= 11 is 0. The van der Waals surface area contributed by atoms with E-state index in [0.717, 1.165) is 0 Å². The lowest BCUT2D eigenvalue weighted by Crippen LogP contribution is -2.45. The summed E-state index contributed by atoms with van der Waals surface area (Å²) in [5, 5.41) is 6.23. The van der Waals surface area contributed by atoms with E-state index in [9.17, 15) is 21.6 Å². The highest BCUT2D eigenvalue weighted by Crippen LogP contribution is 2.19. The van der Waals surface area contributed by atoms with Gasteiger partial charge in [-0.1, -0.05) is 6.92 Å². The number of sulfonamides is 1. The molecule has 12 heteroatoms. The summed E-state index contributed by atoms with van der Waals surface area (Å²) in [4.78, 5) is 5.78. The van der Waals surface area contributed by atoms with Crippen molar-refractivity contribution in [3.8, 4) is 0 Å². The minimum Gasteiger partial charge on any atom is -0.357 e. The molecule has 0 aromatic carbocycles. The zero-order valence-corrected chi connectivity index (χ0v) is 19.2. The third-order valence-corrected chi connectivity index (χ3v) is 5.40. The van der Waals surface area contributed by atoms with Gasteiger partial charge < -0.3 is 10.6 Å². The van der Waals surface area contributed by atoms with Crippen LogP contribution in [0.4, 0.5) is 13.2 Å². The van der Waals surface area contributed by atoms with Gasteiger partial charge in [0.1, 0.15) is 0 Å². The number of alkyl halides is 3. The predicted octanol–water partition coefficient (Wildman–Crippen LogP) is 1.47. The van der Waals surface area contributed by atoms with Crippen molar-refractivity contribution in [1.29, 1.82) is 0 Å². The molecular weight excluding hydrogens is 498 g/mol. The molecule has 1 fully saturated rings. The Bertz CT molecular complexity index is 560. The Morgan fingerprint density at radius 2 is 2.00 bits per heavy atom. The van der Waals surface area contributed by atoms with Crippen molar-refractivity contribution in [2.45, 2.75) is 38.9 Å². The van der Waals surface area contributed by atoms with Crippen LogP contribution < -0.4 is 10.6 Å². The number of halogens is 4. The van der Waals surface area contributed by atoms with Crippen LogP contribution in [0.2, 0.25) is 0 Å². The molecule has 7 nitrogen and oxygen atoms in total. The number of nitrogens with zero attached hydrogens (tertiary/aromatic N) is 3. The maximum atomic E-state index is 12.5. The van der Waals surface area contributed by atoms with Crippen molar-refractivity contribution < 1.29 is 21.6 Å². The van der Waals surface area contributed by atoms with Crippen LogP contribution in [0.5, 0.6) is 0 Å². The second-order valence-corrected chi connectivity index (χ2v) is 8.33. The van der Waals surface area contributed by atoms with Crippen LogP contribution in [0.3, 0.4) is 0 Å². The van der Waals surface area contributed by atoms with Crippen LogP contribution in [0.15, 0.2) is 4.99 Å². The molecule has 27 heavy (non-hydrogen) atoms. The number of hydrogen-bond acceptors (Lipinski definition) is 4. The van der Waals surface area contributed by atoms with Gasteiger partial charge in [0.2, 0.25) is 10.0 Å². The van der Waals surface area contributed by atoms with Crippen molar-refractivity contribution in [2.75, 3.05) is 52.1 Å². The first-order valence-electron chi connectivity index (χ1n) is 8.84. The first-order chi connectivity index (χ1) is 12.0. The molecule has 0 aromatic rings. The van der Waals surface area contributed by atoms with Gasteiger partial charge in [0.15, 0.2) is 5.96 Å². The van der Waals surface area contributed by atoms with E-state index in [1.165, 1.54) is 15.5 Å². The highest BCUT2D eigenvalue weighted by atomic mass is 127. The molecule has 0 spiro atoms. The number of rotatable bonds is 9. The summed E-state index contributed by atoms with van der Waals surface area (Å²) in [7, 11) is -3.21. The average Bonchev–Trinajstić information content (AvgIpc) is 2.90. The van der Waals surface area contributed by atoms with Gasteiger partial charge in [-0.2, -0.15) is 13.2 Å². The molecule has 0 aliphatic carbocycles. The van der Waals surface area contributed by atoms with Crippen LogP contribution in [0.1, 0.15) is 26.7 Å². The normalized spacial score (nSPS) is 19.2. The molecule has 1 aliphatic heterocycles. The maximum Gasteiger partial charge on any atom is 0.401 e. The van der Waals surface area contributed by atoms with E-state index in [2.05, 4.69) is 15.6 Å². The SMILES string of the molecule is CCNC(=NCCCN(CC)S(C)(=O)=O)NC1CCN(CC(F)(F)F)C1.I. The number of nitrogens with one attached hydrogen (secondary N) is 2. The van der Waals surface area contributed by atoms with Gasteiger partial charge in [0, 0.05) is 45.3 Å². The summed E-state index contributed by atoms with van der Waals surface area (Å²) in [5.41, 5.74) is 0. The minimum atomic E-state index is -4.18. The summed E-state index contributed by atoms with van der Waals surface area (Å²) < 4.78 is 61.8. The largest absolute Gasteiger partial charge is 0.401 e. The molecule has 0 amide bonds. The molecular formula is C15H31F3IN5O2S. The number of likely N-dealkylation sites (tertiary alicyclic amines) is 1. The van der Waals surface area contributed by atoms with Gasteiger partial charge in [0.25, 0.3) is 0 Å². The summed E-state index contributed by atoms with van der Waals surface area (Å²) in [6, 6.07) is -0.0849. The minimum absolute atomic E-state index is 0. The van der Waals surface area contributed by atoms with E-state index < -0.39 is 22.7 Å². The van der Waals surface area contributed by atoms with Crippen molar-refractivity contribution >= 4 is 40.0 Å². The lowest BCUT2D eigenvalue weighted by atomic mass is 10.3. The first-order valence-corrected chi connectivity index (χ1v) is 10.7. The topological polar surface area (TPSA) is 77.0 Å². The molecule has 0 saturated carbocycles. The Morgan fingerprint density at radius 1 is 1.33 bits per heavy atom. The zero-order valence-electron chi connectivity index (χ0n) is 16.0. The molecule has 162 valence electrons. The van der Waals surface area contributed by atoms with E-state index >= 15 is 0 Å². The molecule has 0 radical (unpaired) electrons. The van der Waals surface area contributed by atoms with Gasteiger partial charge in [-0.3, -0.25) is 9.89 Å². The zero-order chi connectivity index (χ0) is 19.8. The van der Waals surface area contributed by atoms with Gasteiger partial charge in [-0.05, 0) is 19.8 Å². The Morgan fingerprint density at radius 3 is 2.52 bits per heavy atom. The first kappa shape index (κ1) is 26.7. The third kappa shape index (κ3) is 11.3. The second-order valence-electron chi connectivity index (χ2n) is 6.35. The standard InChI is InChI=1S/C15H30F3N5O2S.HI/c1-4-19-14(20-8-6-9-23(5-2)26(3,24)25)21-13-7-10-22(11-13)12-15(16,17)18;/h13H,4-12H2,1-3H3,(H2,19,20,21);1H. The molecule has 2 N–H and O–H groups in total. The van der Waals surface area contributed by atoms with Crippen LogP contribution in [0.25, 0.3) is 0 Å². The summed E-state index contributed by atoms with van der Waals surface area (Å²) in [6.45, 7) is 5.39. The van der Waals surface area contributed by atoms with Crippen LogP contribution in [-0.4, -0.2) is 87.9 Å². The molecule has 1 heterocycles. The fourth-order valence-electron chi connectivity index (χ4n) is 2.86. The Labute approximate surface area is 177 Å². The van der Waals surface area contributed by atoms with E-state index in [-0.39, 0.29) is 30.0 Å². The number of aliphatic imine (C=N–C) groups is 1. The third-order valence-electron chi connectivity index (χ3n) is 4.02. The quantitative estimate of drug-likeness (QED) is 0.205. The molecule has 1 unspecified atom stereocenters. The Hall–Kier alpha value is -0.340. The van der Waals surface area contributed by atoms with Crippen molar-refractivity contribution in [2.24, 2.45) is 4.99 Å². The van der Waals surface area contributed by atoms with Gasteiger partial charge in [0.05, 0.1) is 12.8 Å². The van der Waals surface area contributed by atoms with E-state index in [4.69, 9.17) is 0 Å². The number of hydrogen-bond donors (Lipinski definition) is 2. The fraction of sp³-hybridized carbons (Fsp3) is 0.933. The lowest BCUT2D eigenvalue weighted by molar-refractivity contribution is -0.143. The smallest absolute Gasteiger partial charge is 0.357 e. The van der Waals surface area contributed by atoms with Gasteiger partial charge in [-0.15, -0.1) is 24.0 Å². The van der Waals surface area contributed by atoms with Gasteiger partial charge >= 0.3 is 6.18 Å². The molecule has 1 atom stereocenters. The van der Waals surface area contributed by atoms with Gasteiger partial charge in [-0.25, -0.2) is 12.7 Å². The van der Waals surface area contributed by atoms with Crippen LogP contribution >= 0.6 is 24.0 Å². The Balaban J connectivity index is 0.00000676.